The van der Waals surface area contributed by atoms with E-state index in [0.717, 1.165) is 18.9 Å². The molecule has 1 rings (SSSR count). The van der Waals surface area contributed by atoms with E-state index in [2.05, 4.69) is 4.74 Å². The Balaban J connectivity index is 2.70. The van der Waals surface area contributed by atoms with Crippen LogP contribution in [0.1, 0.15) is 45.1 Å². The molecular weight excluding hydrogens is 338 g/mol. The van der Waals surface area contributed by atoms with E-state index < -0.39 is 31.2 Å². The van der Waals surface area contributed by atoms with Gasteiger partial charge in [-0.3, -0.25) is 0 Å². The van der Waals surface area contributed by atoms with Gasteiger partial charge in [-0.1, -0.05) is 26.0 Å². The molecule has 0 heterocycles. The van der Waals surface area contributed by atoms with Crippen LogP contribution < -0.4 is 4.74 Å². The van der Waals surface area contributed by atoms with Gasteiger partial charge in [-0.05, 0) is 37.0 Å². The lowest BCUT2D eigenvalue weighted by Gasteiger charge is -2.25. The second-order valence-corrected chi connectivity index (χ2v) is 5.55. The molecule has 0 saturated heterocycles. The van der Waals surface area contributed by atoms with Crippen molar-refractivity contribution in [2.75, 3.05) is 0 Å². The predicted octanol–water partition coefficient (Wildman–Crippen LogP) is 5.82. The molecule has 0 aliphatic heterocycles. The smallest absolute Gasteiger partial charge is 0.415 e. The van der Waals surface area contributed by atoms with Crippen molar-refractivity contribution in [3.63, 3.8) is 0 Å². The van der Waals surface area contributed by atoms with E-state index in [9.17, 15) is 26.3 Å². The molecule has 0 aliphatic carbocycles. The molecule has 1 aromatic carbocycles. The number of benzene rings is 1. The lowest BCUT2D eigenvalue weighted by Crippen LogP contribution is -2.39. The normalized spacial score (nSPS) is 16.5. The highest BCUT2D eigenvalue weighted by atomic mass is 19.4. The van der Waals surface area contributed by atoms with Crippen molar-refractivity contribution in [1.29, 1.82) is 0 Å². The molecule has 8 heteroatoms. The Labute approximate surface area is 136 Å². The standard InChI is InChI=1S/C16H20F6O2/c1-4-10(2)12-5-7-13(8-6-12)23-11(3)24-14(16(20,21)22)9-15(17,18)19/h5-8,10-11,14H,4,9H2,1-3H3. The molecule has 0 saturated carbocycles. The largest absolute Gasteiger partial charge is 0.465 e. The zero-order valence-corrected chi connectivity index (χ0v) is 13.5. The van der Waals surface area contributed by atoms with Gasteiger partial charge < -0.3 is 9.47 Å². The third-order valence-corrected chi connectivity index (χ3v) is 3.50. The molecule has 0 bridgehead atoms. The van der Waals surface area contributed by atoms with Crippen LogP contribution in [0, 0.1) is 0 Å². The minimum atomic E-state index is -5.13. The van der Waals surface area contributed by atoms with Crippen LogP contribution in [0.5, 0.6) is 5.75 Å². The van der Waals surface area contributed by atoms with Crippen LogP contribution in [-0.2, 0) is 4.74 Å². The first kappa shape index (κ1) is 20.6. The van der Waals surface area contributed by atoms with Gasteiger partial charge in [-0.2, -0.15) is 26.3 Å². The van der Waals surface area contributed by atoms with E-state index in [1.54, 1.807) is 24.3 Å². The van der Waals surface area contributed by atoms with Gasteiger partial charge in [0, 0.05) is 0 Å². The number of halogens is 6. The van der Waals surface area contributed by atoms with Crippen molar-refractivity contribution in [2.45, 2.75) is 64.3 Å². The highest BCUT2D eigenvalue weighted by Gasteiger charge is 2.48. The van der Waals surface area contributed by atoms with Crippen LogP contribution in [0.25, 0.3) is 0 Å². The number of alkyl halides is 6. The van der Waals surface area contributed by atoms with Crippen LogP contribution in [-0.4, -0.2) is 24.7 Å². The van der Waals surface area contributed by atoms with Gasteiger partial charge in [-0.15, -0.1) is 0 Å². The molecule has 3 unspecified atom stereocenters. The molecule has 0 aliphatic rings. The first-order valence-corrected chi connectivity index (χ1v) is 7.48. The SMILES string of the molecule is CCC(C)c1ccc(OC(C)OC(CC(F)(F)F)C(F)(F)F)cc1. The monoisotopic (exact) mass is 358 g/mol. The number of hydrogen-bond acceptors (Lipinski definition) is 2. The highest BCUT2D eigenvalue weighted by molar-refractivity contribution is 5.29. The number of rotatable bonds is 7. The van der Waals surface area contributed by atoms with E-state index >= 15 is 0 Å². The fourth-order valence-corrected chi connectivity index (χ4v) is 2.01. The summed E-state index contributed by atoms with van der Waals surface area (Å²) in [5.41, 5.74) is 1.03. The Morgan fingerprint density at radius 1 is 0.958 bits per heavy atom. The van der Waals surface area contributed by atoms with Crippen LogP contribution >= 0.6 is 0 Å². The molecule has 0 fully saturated rings. The molecular formula is C16H20F6O2. The van der Waals surface area contributed by atoms with Gasteiger partial charge in [0.15, 0.2) is 12.4 Å². The summed E-state index contributed by atoms with van der Waals surface area (Å²) in [5.74, 6) is 0.539. The maximum Gasteiger partial charge on any atom is 0.415 e. The number of ether oxygens (including phenoxy) is 2. The lowest BCUT2D eigenvalue weighted by molar-refractivity contribution is -0.281. The molecule has 0 radical (unpaired) electrons. The van der Waals surface area contributed by atoms with Crippen molar-refractivity contribution in [3.8, 4) is 5.75 Å². The Bertz CT molecular complexity index is 495. The van der Waals surface area contributed by atoms with Gasteiger partial charge >= 0.3 is 12.4 Å². The molecule has 3 atom stereocenters. The van der Waals surface area contributed by atoms with E-state index in [1.165, 1.54) is 0 Å². The molecule has 0 amide bonds. The zero-order chi connectivity index (χ0) is 18.5. The average Bonchev–Trinajstić information content (AvgIpc) is 2.44. The average molecular weight is 358 g/mol. The predicted molar refractivity (Wildman–Crippen MR) is 76.8 cm³/mol. The zero-order valence-electron chi connectivity index (χ0n) is 13.5. The summed E-state index contributed by atoms with van der Waals surface area (Å²) in [7, 11) is 0. The molecule has 0 spiro atoms. The Morgan fingerprint density at radius 2 is 1.50 bits per heavy atom. The molecule has 0 N–H and O–H groups in total. The molecule has 24 heavy (non-hydrogen) atoms. The summed E-state index contributed by atoms with van der Waals surface area (Å²) < 4.78 is 84.2. The maximum atomic E-state index is 12.6. The molecule has 0 aromatic heterocycles. The van der Waals surface area contributed by atoms with Gasteiger partial charge in [0.1, 0.15) is 5.75 Å². The van der Waals surface area contributed by atoms with Crippen LogP contribution in [0.15, 0.2) is 24.3 Å². The third kappa shape index (κ3) is 6.98. The van der Waals surface area contributed by atoms with Crippen molar-refractivity contribution < 1.29 is 35.8 Å². The van der Waals surface area contributed by atoms with Gasteiger partial charge in [0.2, 0.25) is 0 Å². The van der Waals surface area contributed by atoms with Crippen LogP contribution in [0.3, 0.4) is 0 Å². The van der Waals surface area contributed by atoms with Crippen molar-refractivity contribution in [1.82, 2.24) is 0 Å². The summed E-state index contributed by atoms with van der Waals surface area (Å²) >= 11 is 0. The van der Waals surface area contributed by atoms with E-state index in [-0.39, 0.29) is 5.75 Å². The van der Waals surface area contributed by atoms with Gasteiger partial charge in [0.05, 0.1) is 6.42 Å². The van der Waals surface area contributed by atoms with Crippen molar-refractivity contribution >= 4 is 0 Å². The third-order valence-electron chi connectivity index (χ3n) is 3.50. The van der Waals surface area contributed by atoms with Crippen molar-refractivity contribution in [3.05, 3.63) is 29.8 Å². The van der Waals surface area contributed by atoms with Crippen molar-refractivity contribution in [2.24, 2.45) is 0 Å². The van der Waals surface area contributed by atoms with E-state index in [4.69, 9.17) is 4.74 Å². The Hall–Kier alpha value is -1.44. The minimum absolute atomic E-state index is 0.225. The fourth-order valence-electron chi connectivity index (χ4n) is 2.01. The molecule has 2 nitrogen and oxygen atoms in total. The summed E-state index contributed by atoms with van der Waals surface area (Å²) in [6.07, 6.45) is -15.8. The van der Waals surface area contributed by atoms with E-state index in [1.807, 2.05) is 13.8 Å². The first-order chi connectivity index (χ1) is 10.9. The Kier molecular flexibility index (Phi) is 6.95. The quantitative estimate of drug-likeness (QED) is 0.451. The summed E-state index contributed by atoms with van der Waals surface area (Å²) in [4.78, 5) is 0. The number of hydrogen-bond donors (Lipinski definition) is 0. The second kappa shape index (κ2) is 8.09. The van der Waals surface area contributed by atoms with Gasteiger partial charge in [0.25, 0.3) is 0 Å². The van der Waals surface area contributed by atoms with Crippen LogP contribution in [0.4, 0.5) is 26.3 Å². The molecule has 1 aromatic rings. The molecule has 138 valence electrons. The van der Waals surface area contributed by atoms with E-state index in [0.29, 0.717) is 5.92 Å². The Morgan fingerprint density at radius 3 is 1.92 bits per heavy atom. The fraction of sp³-hybridized carbons (Fsp3) is 0.625. The topological polar surface area (TPSA) is 18.5 Å². The second-order valence-electron chi connectivity index (χ2n) is 5.55. The summed E-state index contributed by atoms with van der Waals surface area (Å²) in [5, 5.41) is 0. The summed E-state index contributed by atoms with van der Waals surface area (Å²) in [6, 6.07) is 6.61. The minimum Gasteiger partial charge on any atom is -0.465 e. The summed E-state index contributed by atoms with van der Waals surface area (Å²) in [6.45, 7) is 5.16. The van der Waals surface area contributed by atoms with Gasteiger partial charge in [-0.25, -0.2) is 0 Å². The maximum absolute atomic E-state index is 12.6. The highest BCUT2D eigenvalue weighted by Crippen LogP contribution is 2.33. The lowest BCUT2D eigenvalue weighted by atomic mass is 9.99. The van der Waals surface area contributed by atoms with Crippen LogP contribution in [0.2, 0.25) is 0 Å². The first-order valence-electron chi connectivity index (χ1n) is 7.48.